The number of hydrogen-bond donors (Lipinski definition) is 0. The molecule has 0 aliphatic rings. The molecule has 0 radical (unpaired) electrons. The van der Waals surface area contributed by atoms with Crippen molar-refractivity contribution in [3.05, 3.63) is 59.5 Å². The normalized spacial score (nSPS) is 13.0. The van der Waals surface area contributed by atoms with Crippen molar-refractivity contribution in [3.63, 3.8) is 0 Å². The lowest BCUT2D eigenvalue weighted by Gasteiger charge is -2.21. The second-order valence-corrected chi connectivity index (χ2v) is 7.13. The molecule has 3 aromatic rings. The molecule has 2 aromatic heterocycles. The van der Waals surface area contributed by atoms with Gasteiger partial charge in [0.25, 0.3) is 0 Å². The highest BCUT2D eigenvalue weighted by atomic mass is 15.3. The number of aromatic nitrogens is 3. The van der Waals surface area contributed by atoms with E-state index in [2.05, 4.69) is 56.0 Å². The van der Waals surface area contributed by atoms with E-state index in [1.54, 1.807) is 0 Å². The summed E-state index contributed by atoms with van der Waals surface area (Å²) in [6.45, 7) is 8.65. The van der Waals surface area contributed by atoms with Gasteiger partial charge in [0.1, 0.15) is 0 Å². The van der Waals surface area contributed by atoms with Gasteiger partial charge in [-0.2, -0.15) is 10.4 Å². The zero-order chi connectivity index (χ0) is 17.3. The first-order valence-electron chi connectivity index (χ1n) is 8.28. The molecule has 0 unspecified atom stereocenters. The van der Waals surface area contributed by atoms with Crippen molar-refractivity contribution >= 4 is 10.9 Å². The van der Waals surface area contributed by atoms with Gasteiger partial charge in [0.05, 0.1) is 29.4 Å². The summed E-state index contributed by atoms with van der Waals surface area (Å²) < 4.78 is 2.03. The van der Waals surface area contributed by atoms with Crippen LogP contribution >= 0.6 is 0 Å². The molecule has 1 aromatic carbocycles. The van der Waals surface area contributed by atoms with Crippen molar-refractivity contribution in [2.75, 3.05) is 0 Å². The van der Waals surface area contributed by atoms with Crippen molar-refractivity contribution in [3.8, 4) is 6.07 Å². The summed E-state index contributed by atoms with van der Waals surface area (Å²) in [5.74, 6) is 0. The average molecular weight is 318 g/mol. The number of nitriles is 1. The highest BCUT2D eigenvalue weighted by molar-refractivity contribution is 5.80. The Labute approximate surface area is 142 Å². The molecular formula is C20H22N4. The van der Waals surface area contributed by atoms with E-state index < -0.39 is 0 Å². The van der Waals surface area contributed by atoms with E-state index in [0.717, 1.165) is 28.6 Å². The van der Waals surface area contributed by atoms with E-state index in [9.17, 15) is 0 Å². The van der Waals surface area contributed by atoms with Crippen LogP contribution in [0.15, 0.2) is 42.7 Å². The minimum atomic E-state index is 0.0479. The van der Waals surface area contributed by atoms with Gasteiger partial charge in [-0.3, -0.25) is 9.67 Å². The molecule has 0 bridgehead atoms. The van der Waals surface area contributed by atoms with Crippen molar-refractivity contribution in [2.45, 2.75) is 45.6 Å². The lowest BCUT2D eigenvalue weighted by molar-refractivity contribution is 0.519. The van der Waals surface area contributed by atoms with Crippen molar-refractivity contribution in [1.29, 1.82) is 5.26 Å². The monoisotopic (exact) mass is 318 g/mol. The molecule has 24 heavy (non-hydrogen) atoms. The fourth-order valence-corrected chi connectivity index (χ4v) is 2.97. The third kappa shape index (κ3) is 2.90. The molecule has 4 nitrogen and oxygen atoms in total. The van der Waals surface area contributed by atoms with Crippen molar-refractivity contribution in [2.24, 2.45) is 0 Å². The number of pyridine rings is 1. The van der Waals surface area contributed by atoms with Gasteiger partial charge in [0, 0.05) is 22.7 Å². The van der Waals surface area contributed by atoms with Gasteiger partial charge in [0.2, 0.25) is 0 Å². The predicted octanol–water partition coefficient (Wildman–Crippen LogP) is 4.60. The van der Waals surface area contributed by atoms with Crippen LogP contribution in [0, 0.1) is 11.3 Å². The van der Waals surface area contributed by atoms with E-state index >= 15 is 0 Å². The quantitative estimate of drug-likeness (QED) is 0.709. The summed E-state index contributed by atoms with van der Waals surface area (Å²) in [5.41, 5.74) is 3.99. The van der Waals surface area contributed by atoms with E-state index in [1.807, 2.05) is 35.3 Å². The Balaban J connectivity index is 2.02. The van der Waals surface area contributed by atoms with Crippen LogP contribution in [-0.2, 0) is 5.41 Å². The van der Waals surface area contributed by atoms with Crippen LogP contribution in [0.1, 0.15) is 57.0 Å². The van der Waals surface area contributed by atoms with Gasteiger partial charge in [0.15, 0.2) is 0 Å². The number of hydrogen-bond acceptors (Lipinski definition) is 3. The van der Waals surface area contributed by atoms with Crippen LogP contribution in [0.5, 0.6) is 0 Å². The molecule has 0 N–H and O–H groups in total. The molecule has 1 atom stereocenters. The lowest BCUT2D eigenvalue weighted by atomic mass is 9.91. The lowest BCUT2D eigenvalue weighted by Crippen LogP contribution is -2.15. The molecule has 122 valence electrons. The van der Waals surface area contributed by atoms with Crippen LogP contribution in [0.25, 0.3) is 10.9 Å². The van der Waals surface area contributed by atoms with Crippen LogP contribution in [0.2, 0.25) is 0 Å². The third-order valence-electron chi connectivity index (χ3n) is 4.35. The molecule has 0 saturated heterocycles. The van der Waals surface area contributed by atoms with Crippen molar-refractivity contribution in [1.82, 2.24) is 14.8 Å². The Morgan fingerprint density at radius 2 is 1.96 bits per heavy atom. The molecule has 0 saturated carbocycles. The summed E-state index contributed by atoms with van der Waals surface area (Å²) in [4.78, 5) is 4.65. The van der Waals surface area contributed by atoms with E-state index in [0.29, 0.717) is 5.56 Å². The molecule has 0 spiro atoms. The second-order valence-electron chi connectivity index (χ2n) is 7.13. The molecule has 0 fully saturated rings. The minimum absolute atomic E-state index is 0.0479. The van der Waals surface area contributed by atoms with Gasteiger partial charge in [-0.25, -0.2) is 0 Å². The molecule has 2 heterocycles. The first-order chi connectivity index (χ1) is 11.4. The van der Waals surface area contributed by atoms with Gasteiger partial charge in [-0.15, -0.1) is 0 Å². The summed E-state index contributed by atoms with van der Waals surface area (Å²) in [6, 6.07) is 12.3. The van der Waals surface area contributed by atoms with Gasteiger partial charge >= 0.3 is 0 Å². The Bertz CT molecular complexity index is 892. The third-order valence-corrected chi connectivity index (χ3v) is 4.35. The highest BCUT2D eigenvalue weighted by Crippen LogP contribution is 2.28. The Kier molecular flexibility index (Phi) is 4.11. The van der Waals surface area contributed by atoms with E-state index in [-0.39, 0.29) is 11.5 Å². The maximum Gasteiger partial charge on any atom is 0.0991 e. The predicted molar refractivity (Wildman–Crippen MR) is 95.8 cm³/mol. The first-order valence-corrected chi connectivity index (χ1v) is 8.28. The molecule has 0 aliphatic carbocycles. The largest absolute Gasteiger partial charge is 0.260 e. The second kappa shape index (κ2) is 6.09. The van der Waals surface area contributed by atoms with Crippen molar-refractivity contribution < 1.29 is 0 Å². The zero-order valence-corrected chi connectivity index (χ0v) is 14.6. The summed E-state index contributed by atoms with van der Waals surface area (Å²) in [7, 11) is 0. The highest BCUT2D eigenvalue weighted by Gasteiger charge is 2.19. The Morgan fingerprint density at radius 1 is 1.17 bits per heavy atom. The maximum absolute atomic E-state index is 9.04. The average Bonchev–Trinajstić information content (AvgIpc) is 2.98. The van der Waals surface area contributed by atoms with Crippen LogP contribution in [-0.4, -0.2) is 14.8 Å². The molecular weight excluding hydrogens is 296 g/mol. The summed E-state index contributed by atoms with van der Waals surface area (Å²) in [6.07, 6.45) is 4.72. The first kappa shape index (κ1) is 16.2. The standard InChI is InChI=1S/C20H22N4/c1-5-17(15-7-9-19(22-12-15)20(2,3)4)24-18-8-6-14(11-21)10-16(18)13-23-24/h6-10,12-13,17H,5H2,1-4H3/t17-/m0/s1. The van der Waals surface area contributed by atoms with Crippen LogP contribution in [0.4, 0.5) is 0 Å². The maximum atomic E-state index is 9.04. The van der Waals surface area contributed by atoms with Crippen LogP contribution < -0.4 is 0 Å². The number of rotatable bonds is 3. The minimum Gasteiger partial charge on any atom is -0.260 e. The molecule has 0 amide bonds. The summed E-state index contributed by atoms with van der Waals surface area (Å²) >= 11 is 0. The zero-order valence-electron chi connectivity index (χ0n) is 14.6. The van der Waals surface area contributed by atoms with E-state index in [4.69, 9.17) is 5.26 Å². The smallest absolute Gasteiger partial charge is 0.0991 e. The molecule has 3 rings (SSSR count). The van der Waals surface area contributed by atoms with Gasteiger partial charge < -0.3 is 0 Å². The SMILES string of the molecule is CC[C@@H](c1ccc(C(C)(C)C)nc1)n1ncc2cc(C#N)ccc21. The molecule has 4 heteroatoms. The van der Waals surface area contributed by atoms with Gasteiger partial charge in [-0.05, 0) is 36.2 Å². The topological polar surface area (TPSA) is 54.5 Å². The Morgan fingerprint density at radius 3 is 2.54 bits per heavy atom. The Hall–Kier alpha value is -2.67. The number of benzene rings is 1. The van der Waals surface area contributed by atoms with Crippen LogP contribution in [0.3, 0.4) is 0 Å². The fourth-order valence-electron chi connectivity index (χ4n) is 2.97. The van der Waals surface area contributed by atoms with Gasteiger partial charge in [-0.1, -0.05) is 33.8 Å². The number of fused-ring (bicyclic) bond motifs is 1. The van der Waals surface area contributed by atoms with E-state index in [1.165, 1.54) is 0 Å². The molecule has 0 aliphatic heterocycles. The fraction of sp³-hybridized carbons (Fsp3) is 0.350. The number of nitrogens with zero attached hydrogens (tertiary/aromatic N) is 4. The summed E-state index contributed by atoms with van der Waals surface area (Å²) in [5, 5.41) is 14.6.